The van der Waals surface area contributed by atoms with Gasteiger partial charge in [-0.3, -0.25) is 5.01 Å². The molecule has 8 heteroatoms. The van der Waals surface area contributed by atoms with Crippen LogP contribution in [0, 0.1) is 0 Å². The van der Waals surface area contributed by atoms with E-state index < -0.39 is 5.97 Å². The first kappa shape index (κ1) is 22.6. The van der Waals surface area contributed by atoms with E-state index in [9.17, 15) is 4.79 Å². The molecule has 1 unspecified atom stereocenters. The van der Waals surface area contributed by atoms with Crippen molar-refractivity contribution in [3.05, 3.63) is 95.0 Å². The Labute approximate surface area is 198 Å². The molecule has 0 fully saturated rings. The molecule has 33 heavy (non-hydrogen) atoms. The summed E-state index contributed by atoms with van der Waals surface area (Å²) in [7, 11) is 1.74. The molecule has 4 rings (SSSR count). The van der Waals surface area contributed by atoms with Crippen molar-refractivity contribution in [3.8, 4) is 5.75 Å². The molecule has 7 nitrogen and oxygen atoms in total. The van der Waals surface area contributed by atoms with Gasteiger partial charge in [0.2, 0.25) is 5.84 Å². The maximum absolute atomic E-state index is 12.4. The number of anilines is 1. The molecule has 0 amide bonds. The fourth-order valence-electron chi connectivity index (χ4n) is 3.40. The standard InChI is InChI=1S/C25H25ClN4O3/c1-3-32-25(31)24-28-30(21-7-5-4-6-8-21)23(27-29(24)2)19-11-15-22(16-12-19)33-17-18-9-13-20(26)14-10-18/h4-16,23,27H,3,17H2,1-2H3. The van der Waals surface area contributed by atoms with E-state index in [1.165, 1.54) is 0 Å². The molecule has 3 aromatic carbocycles. The second-order valence-electron chi connectivity index (χ2n) is 7.40. The number of hydrogen-bond donors (Lipinski definition) is 1. The maximum Gasteiger partial charge on any atom is 0.377 e. The minimum atomic E-state index is -0.488. The molecule has 0 aliphatic carbocycles. The van der Waals surface area contributed by atoms with E-state index in [0.717, 1.165) is 22.6 Å². The van der Waals surface area contributed by atoms with Gasteiger partial charge in [0.15, 0.2) is 0 Å². The summed E-state index contributed by atoms with van der Waals surface area (Å²) in [5.74, 6) is 0.442. The molecular weight excluding hydrogens is 440 g/mol. The van der Waals surface area contributed by atoms with Crippen LogP contribution in [0.4, 0.5) is 5.69 Å². The highest BCUT2D eigenvalue weighted by Crippen LogP contribution is 2.30. The topological polar surface area (TPSA) is 66.4 Å². The Hall–Kier alpha value is -3.55. The summed E-state index contributed by atoms with van der Waals surface area (Å²) < 4.78 is 11.1. The zero-order valence-electron chi connectivity index (χ0n) is 18.4. The molecule has 1 heterocycles. The summed E-state index contributed by atoms with van der Waals surface area (Å²) in [5, 5.41) is 8.67. The number of rotatable bonds is 7. The van der Waals surface area contributed by atoms with Crippen LogP contribution in [0.1, 0.15) is 24.2 Å². The first-order valence-corrected chi connectivity index (χ1v) is 11.0. The van der Waals surface area contributed by atoms with Gasteiger partial charge in [-0.05, 0) is 54.4 Å². The van der Waals surface area contributed by atoms with Gasteiger partial charge in [-0.25, -0.2) is 15.2 Å². The number of halogens is 1. The summed E-state index contributed by atoms with van der Waals surface area (Å²) >= 11 is 5.94. The fourth-order valence-corrected chi connectivity index (χ4v) is 3.52. The number of carbonyl (C=O) groups excluding carboxylic acids is 1. The van der Waals surface area contributed by atoms with Crippen molar-refractivity contribution in [1.29, 1.82) is 0 Å². The molecule has 0 aromatic heterocycles. The molecule has 1 N–H and O–H groups in total. The van der Waals surface area contributed by atoms with E-state index in [2.05, 4.69) is 10.5 Å². The number of hydrogen-bond acceptors (Lipinski definition) is 7. The summed E-state index contributed by atoms with van der Waals surface area (Å²) in [5.41, 5.74) is 6.16. The van der Waals surface area contributed by atoms with Gasteiger partial charge in [0.25, 0.3) is 0 Å². The zero-order valence-corrected chi connectivity index (χ0v) is 19.2. The number of carbonyl (C=O) groups is 1. The van der Waals surface area contributed by atoms with Crippen LogP contribution in [-0.4, -0.2) is 30.5 Å². The summed E-state index contributed by atoms with van der Waals surface area (Å²) in [4.78, 5) is 12.4. The van der Waals surface area contributed by atoms with Crippen LogP contribution in [0.3, 0.4) is 0 Å². The highest BCUT2D eigenvalue weighted by molar-refractivity contribution is 6.35. The van der Waals surface area contributed by atoms with Gasteiger partial charge in [-0.2, -0.15) is 0 Å². The number of nitrogens with one attached hydrogen (secondary N) is 1. The Morgan fingerprint density at radius 3 is 2.39 bits per heavy atom. The molecule has 3 aromatic rings. The first-order chi connectivity index (χ1) is 16.0. The van der Waals surface area contributed by atoms with Crippen LogP contribution in [-0.2, 0) is 16.1 Å². The first-order valence-electron chi connectivity index (χ1n) is 10.6. The average molecular weight is 465 g/mol. The van der Waals surface area contributed by atoms with Crippen LogP contribution in [0.15, 0.2) is 84.0 Å². The number of ether oxygens (including phenoxy) is 2. The summed E-state index contributed by atoms with van der Waals surface area (Å²) in [6.07, 6.45) is -0.333. The lowest BCUT2D eigenvalue weighted by Crippen LogP contribution is -2.55. The largest absolute Gasteiger partial charge is 0.489 e. The highest BCUT2D eigenvalue weighted by Gasteiger charge is 2.32. The fraction of sp³-hybridized carbons (Fsp3) is 0.200. The number of amidine groups is 1. The average Bonchev–Trinajstić information content (AvgIpc) is 2.84. The maximum atomic E-state index is 12.4. The Morgan fingerprint density at radius 2 is 1.73 bits per heavy atom. The van der Waals surface area contributed by atoms with Gasteiger partial charge < -0.3 is 9.47 Å². The zero-order chi connectivity index (χ0) is 23.2. The third-order valence-electron chi connectivity index (χ3n) is 5.07. The normalized spacial score (nSPS) is 15.7. The molecular formula is C25H25ClN4O3. The van der Waals surface area contributed by atoms with Gasteiger partial charge in [-0.1, -0.05) is 54.1 Å². The Balaban J connectivity index is 1.55. The number of hydrazone groups is 1. The number of benzene rings is 3. The molecule has 1 atom stereocenters. The lowest BCUT2D eigenvalue weighted by Gasteiger charge is -2.39. The van der Waals surface area contributed by atoms with E-state index in [-0.39, 0.29) is 18.6 Å². The summed E-state index contributed by atoms with van der Waals surface area (Å²) in [6.45, 7) is 2.49. The lowest BCUT2D eigenvalue weighted by molar-refractivity contribution is -0.136. The molecule has 0 radical (unpaired) electrons. The van der Waals surface area contributed by atoms with Gasteiger partial charge in [0.05, 0.1) is 12.3 Å². The quantitative estimate of drug-likeness (QED) is 0.509. The number of hydrazine groups is 1. The molecule has 1 aliphatic rings. The third kappa shape index (κ3) is 5.45. The van der Waals surface area contributed by atoms with Crippen molar-refractivity contribution in [2.24, 2.45) is 5.10 Å². The van der Waals surface area contributed by atoms with Crippen LogP contribution in [0.5, 0.6) is 5.75 Å². The lowest BCUT2D eigenvalue weighted by atomic mass is 10.1. The minimum Gasteiger partial charge on any atom is -0.489 e. The van der Waals surface area contributed by atoms with Crippen molar-refractivity contribution in [3.63, 3.8) is 0 Å². The second-order valence-corrected chi connectivity index (χ2v) is 7.84. The molecule has 0 spiro atoms. The number of nitrogens with zero attached hydrogens (tertiary/aromatic N) is 3. The smallest absolute Gasteiger partial charge is 0.377 e. The molecule has 170 valence electrons. The van der Waals surface area contributed by atoms with Crippen LogP contribution in [0.25, 0.3) is 0 Å². The number of likely N-dealkylation sites (N-methyl/N-ethyl adjacent to an activating group) is 1. The van der Waals surface area contributed by atoms with E-state index in [4.69, 9.17) is 21.1 Å². The van der Waals surface area contributed by atoms with Crippen molar-refractivity contribution >= 4 is 29.1 Å². The van der Waals surface area contributed by atoms with Gasteiger partial charge in [-0.15, -0.1) is 5.10 Å². The highest BCUT2D eigenvalue weighted by atomic mass is 35.5. The van der Waals surface area contributed by atoms with Gasteiger partial charge in [0.1, 0.15) is 18.5 Å². The predicted octanol–water partition coefficient (Wildman–Crippen LogP) is 4.75. The van der Waals surface area contributed by atoms with E-state index in [1.807, 2.05) is 78.9 Å². The Bertz CT molecular complexity index is 1100. The molecule has 1 aliphatic heterocycles. The van der Waals surface area contributed by atoms with Crippen molar-refractivity contribution in [2.75, 3.05) is 18.7 Å². The van der Waals surface area contributed by atoms with Crippen molar-refractivity contribution < 1.29 is 14.3 Å². The molecule has 0 bridgehead atoms. The predicted molar refractivity (Wildman–Crippen MR) is 129 cm³/mol. The van der Waals surface area contributed by atoms with Gasteiger partial charge in [0, 0.05) is 12.1 Å². The minimum absolute atomic E-state index is 0.180. The number of esters is 1. The molecule has 0 saturated carbocycles. The molecule has 0 saturated heterocycles. The third-order valence-corrected chi connectivity index (χ3v) is 5.33. The van der Waals surface area contributed by atoms with Gasteiger partial charge >= 0.3 is 5.97 Å². The van der Waals surface area contributed by atoms with Crippen molar-refractivity contribution in [1.82, 2.24) is 10.4 Å². The van der Waals surface area contributed by atoms with E-state index in [0.29, 0.717) is 11.6 Å². The van der Waals surface area contributed by atoms with E-state index >= 15 is 0 Å². The SMILES string of the molecule is CCOC(=O)C1=NN(c2ccccc2)C(c2ccc(OCc3ccc(Cl)cc3)cc2)NN1C. The second kappa shape index (κ2) is 10.4. The Kier molecular flexibility index (Phi) is 7.12. The van der Waals surface area contributed by atoms with E-state index in [1.54, 1.807) is 24.0 Å². The van der Waals surface area contributed by atoms with Crippen LogP contribution in [0.2, 0.25) is 5.02 Å². The van der Waals surface area contributed by atoms with Crippen LogP contribution >= 0.6 is 11.6 Å². The van der Waals surface area contributed by atoms with Crippen molar-refractivity contribution in [2.45, 2.75) is 19.7 Å². The van der Waals surface area contributed by atoms with Crippen LogP contribution < -0.4 is 15.2 Å². The Morgan fingerprint density at radius 1 is 1.03 bits per heavy atom. The summed E-state index contributed by atoms with van der Waals surface area (Å²) in [6, 6.07) is 25.0. The number of para-hydroxylation sites is 1. The monoisotopic (exact) mass is 464 g/mol.